The Labute approximate surface area is 163 Å². The summed E-state index contributed by atoms with van der Waals surface area (Å²) in [5, 5.41) is 0. The molecule has 146 valence electrons. The van der Waals surface area contributed by atoms with Gasteiger partial charge in [0, 0.05) is 13.0 Å². The van der Waals surface area contributed by atoms with Gasteiger partial charge in [0.15, 0.2) is 0 Å². The highest BCUT2D eigenvalue weighted by Gasteiger charge is 2.29. The maximum absolute atomic E-state index is 13.3. The van der Waals surface area contributed by atoms with Gasteiger partial charge in [-0.3, -0.25) is 4.79 Å². The maximum Gasteiger partial charge on any atom is 0.244 e. The van der Waals surface area contributed by atoms with E-state index in [1.54, 1.807) is 24.3 Å². The summed E-state index contributed by atoms with van der Waals surface area (Å²) in [4.78, 5) is 11.5. The molecule has 1 atom stereocenters. The molecule has 0 N–H and O–H groups in total. The lowest BCUT2D eigenvalue weighted by Crippen LogP contribution is -2.39. The van der Waals surface area contributed by atoms with Crippen LogP contribution in [0.2, 0.25) is 0 Å². The fourth-order valence-corrected chi connectivity index (χ4v) is 4.72. The predicted molar refractivity (Wildman–Crippen MR) is 109 cm³/mol. The van der Waals surface area contributed by atoms with Gasteiger partial charge in [-0.2, -0.15) is 4.31 Å². The van der Waals surface area contributed by atoms with E-state index in [-0.39, 0.29) is 23.3 Å². The third kappa shape index (κ3) is 6.64. The number of aryl methyl sites for hydroxylation is 1. The van der Waals surface area contributed by atoms with Crippen molar-refractivity contribution in [3.63, 3.8) is 0 Å². The standard InChI is InChI=1S/C22H29NO3S/c1-19-14-16-22(17-15-19)27(25,26)23(18-10-11-20(2)24)21-12-8-6-4-3-5-7-9-13-21/h8,12,14-17,21H,3-7,9,13,18H2,1-2H3/b12-8+. The summed E-state index contributed by atoms with van der Waals surface area (Å²) in [6, 6.07) is 6.64. The first kappa shape index (κ1) is 21.4. The number of sulfonamides is 1. The number of nitrogens with zero attached hydrogens (tertiary/aromatic N) is 1. The van der Waals surface area contributed by atoms with Crippen LogP contribution in [-0.4, -0.2) is 31.1 Å². The summed E-state index contributed by atoms with van der Waals surface area (Å²) < 4.78 is 28.1. The molecule has 5 heteroatoms. The summed E-state index contributed by atoms with van der Waals surface area (Å²) >= 11 is 0. The molecule has 0 heterocycles. The fourth-order valence-electron chi connectivity index (χ4n) is 3.20. The highest BCUT2D eigenvalue weighted by Crippen LogP contribution is 2.23. The van der Waals surface area contributed by atoms with E-state index in [0.29, 0.717) is 0 Å². The summed E-state index contributed by atoms with van der Waals surface area (Å²) in [5.41, 5.74) is 1.01. The minimum atomic E-state index is -3.70. The third-order valence-corrected chi connectivity index (χ3v) is 6.61. The summed E-state index contributed by atoms with van der Waals surface area (Å²) in [6.07, 6.45) is 11.5. The Kier molecular flexibility index (Phi) is 8.27. The van der Waals surface area contributed by atoms with Crippen molar-refractivity contribution in [2.24, 2.45) is 0 Å². The molecule has 1 aliphatic rings. The smallest absolute Gasteiger partial charge is 0.244 e. The second kappa shape index (κ2) is 10.4. The lowest BCUT2D eigenvalue weighted by atomic mass is 10.0. The first-order valence-corrected chi connectivity index (χ1v) is 11.1. The third-order valence-electron chi connectivity index (χ3n) is 4.73. The van der Waals surface area contributed by atoms with Gasteiger partial charge in [0.05, 0.1) is 11.4 Å². The van der Waals surface area contributed by atoms with Crippen molar-refractivity contribution in [2.45, 2.75) is 69.7 Å². The van der Waals surface area contributed by atoms with Crippen LogP contribution in [-0.2, 0) is 14.8 Å². The monoisotopic (exact) mass is 387 g/mol. The SMILES string of the molecule is CC(=O)C#CCN(C1/C=C/CCCCCCC1)S(=O)(=O)c1ccc(C)cc1. The molecule has 0 spiro atoms. The van der Waals surface area contributed by atoms with Crippen LogP contribution in [0.25, 0.3) is 0 Å². The largest absolute Gasteiger partial charge is 0.285 e. The van der Waals surface area contributed by atoms with E-state index in [1.807, 2.05) is 13.0 Å². The molecule has 1 aromatic rings. The second-order valence-corrected chi connectivity index (χ2v) is 8.95. The molecule has 0 bridgehead atoms. The van der Waals surface area contributed by atoms with Gasteiger partial charge >= 0.3 is 0 Å². The molecule has 2 rings (SSSR count). The number of carbonyl (C=O) groups excluding carboxylic acids is 1. The lowest BCUT2D eigenvalue weighted by Gasteiger charge is -2.28. The van der Waals surface area contributed by atoms with Gasteiger partial charge in [0.25, 0.3) is 0 Å². The molecule has 27 heavy (non-hydrogen) atoms. The van der Waals surface area contributed by atoms with E-state index in [4.69, 9.17) is 0 Å². The van der Waals surface area contributed by atoms with Gasteiger partial charge in [-0.1, -0.05) is 61.5 Å². The lowest BCUT2D eigenvalue weighted by molar-refractivity contribution is -0.111. The molecule has 1 aliphatic carbocycles. The molecule has 0 saturated heterocycles. The minimum Gasteiger partial charge on any atom is -0.285 e. The molecule has 1 unspecified atom stereocenters. The minimum absolute atomic E-state index is 0.0186. The van der Waals surface area contributed by atoms with Crippen LogP contribution >= 0.6 is 0 Å². The number of hydrogen-bond acceptors (Lipinski definition) is 3. The molecule has 0 aliphatic heterocycles. The first-order valence-electron chi connectivity index (χ1n) is 9.66. The average Bonchev–Trinajstić information content (AvgIpc) is 2.63. The zero-order valence-electron chi connectivity index (χ0n) is 16.3. The molecular weight excluding hydrogens is 358 g/mol. The number of rotatable bonds is 4. The van der Waals surface area contributed by atoms with E-state index < -0.39 is 10.0 Å². The Bertz CT molecular complexity index is 813. The van der Waals surface area contributed by atoms with Crippen LogP contribution in [0.4, 0.5) is 0 Å². The average molecular weight is 388 g/mol. The van der Waals surface area contributed by atoms with Crippen LogP contribution in [0.3, 0.4) is 0 Å². The summed E-state index contributed by atoms with van der Waals surface area (Å²) in [6.45, 7) is 3.33. The Balaban J connectivity index is 2.37. The molecular formula is C22H29NO3S. The van der Waals surface area contributed by atoms with Crippen molar-refractivity contribution in [2.75, 3.05) is 6.54 Å². The van der Waals surface area contributed by atoms with Gasteiger partial charge in [0.2, 0.25) is 15.8 Å². The van der Waals surface area contributed by atoms with Crippen LogP contribution in [0.15, 0.2) is 41.3 Å². The number of hydrogen-bond donors (Lipinski definition) is 0. The van der Waals surface area contributed by atoms with Crippen LogP contribution in [0.5, 0.6) is 0 Å². The van der Waals surface area contributed by atoms with Gasteiger partial charge in [0.1, 0.15) is 0 Å². The van der Waals surface area contributed by atoms with E-state index in [0.717, 1.165) is 37.7 Å². The van der Waals surface area contributed by atoms with Crippen molar-refractivity contribution in [3.8, 4) is 11.8 Å². The van der Waals surface area contributed by atoms with E-state index >= 15 is 0 Å². The molecule has 0 aromatic heterocycles. The van der Waals surface area contributed by atoms with Gasteiger partial charge in [-0.25, -0.2) is 8.42 Å². The first-order chi connectivity index (χ1) is 12.9. The molecule has 0 fully saturated rings. The highest BCUT2D eigenvalue weighted by molar-refractivity contribution is 7.89. The Morgan fingerprint density at radius 1 is 1.11 bits per heavy atom. The van der Waals surface area contributed by atoms with E-state index in [9.17, 15) is 13.2 Å². The van der Waals surface area contributed by atoms with Crippen molar-refractivity contribution >= 4 is 15.8 Å². The number of Topliss-reactive ketones (excluding diaryl/α,β-unsaturated/α-hetero) is 1. The highest BCUT2D eigenvalue weighted by atomic mass is 32.2. The topological polar surface area (TPSA) is 54.5 Å². The van der Waals surface area contributed by atoms with Gasteiger partial charge < -0.3 is 0 Å². The number of benzene rings is 1. The van der Waals surface area contributed by atoms with Crippen LogP contribution in [0, 0.1) is 18.8 Å². The Hall–Kier alpha value is -1.90. The quantitative estimate of drug-likeness (QED) is 0.441. The van der Waals surface area contributed by atoms with Crippen molar-refractivity contribution in [1.82, 2.24) is 4.31 Å². The van der Waals surface area contributed by atoms with Crippen molar-refractivity contribution in [3.05, 3.63) is 42.0 Å². The summed E-state index contributed by atoms with van der Waals surface area (Å²) in [7, 11) is -3.70. The second-order valence-electron chi connectivity index (χ2n) is 7.06. The van der Waals surface area contributed by atoms with Crippen LogP contribution < -0.4 is 0 Å². The maximum atomic E-state index is 13.3. The van der Waals surface area contributed by atoms with Crippen molar-refractivity contribution < 1.29 is 13.2 Å². The Morgan fingerprint density at radius 3 is 2.48 bits per heavy atom. The van der Waals surface area contributed by atoms with Crippen LogP contribution in [0.1, 0.15) is 57.4 Å². The van der Waals surface area contributed by atoms with Crippen molar-refractivity contribution in [1.29, 1.82) is 0 Å². The van der Waals surface area contributed by atoms with Gasteiger partial charge in [-0.05, 0) is 44.2 Å². The fraction of sp³-hybridized carbons (Fsp3) is 0.500. The van der Waals surface area contributed by atoms with E-state index in [1.165, 1.54) is 24.1 Å². The molecule has 0 amide bonds. The number of carbonyl (C=O) groups is 1. The molecule has 4 nitrogen and oxygen atoms in total. The Morgan fingerprint density at radius 2 is 1.78 bits per heavy atom. The van der Waals surface area contributed by atoms with Gasteiger partial charge in [-0.15, -0.1) is 0 Å². The van der Waals surface area contributed by atoms with E-state index in [2.05, 4.69) is 17.9 Å². The normalized spacial score (nSPS) is 19.7. The molecule has 0 saturated carbocycles. The predicted octanol–water partition coefficient (Wildman–Crippen LogP) is 4.25. The molecule has 1 aromatic carbocycles. The zero-order chi connectivity index (χ0) is 19.7. The summed E-state index contributed by atoms with van der Waals surface area (Å²) in [5.74, 6) is 4.97. The molecule has 0 radical (unpaired) electrons. The number of allylic oxidation sites excluding steroid dienone is 1. The number of ketones is 1. The zero-order valence-corrected chi connectivity index (χ0v) is 17.1.